The number of rotatable bonds is 4. The highest BCUT2D eigenvalue weighted by Gasteiger charge is 2.16. The minimum Gasteiger partial charge on any atom is -0.301 e. The summed E-state index contributed by atoms with van der Waals surface area (Å²) < 4.78 is 13.6. The van der Waals surface area contributed by atoms with Crippen LogP contribution < -0.4 is 0 Å². The van der Waals surface area contributed by atoms with Gasteiger partial charge in [0.2, 0.25) is 0 Å². The molecule has 2 rings (SSSR count). The van der Waals surface area contributed by atoms with Gasteiger partial charge in [0.25, 0.3) is 0 Å². The molecule has 19 heavy (non-hydrogen) atoms. The molecule has 0 amide bonds. The van der Waals surface area contributed by atoms with Crippen LogP contribution in [0.25, 0.3) is 0 Å². The van der Waals surface area contributed by atoms with Crippen molar-refractivity contribution >= 4 is 0 Å². The lowest BCUT2D eigenvalue weighted by molar-refractivity contribution is 0.132. The fraction of sp³-hybridized carbons (Fsp3) is 0.625. The Morgan fingerprint density at radius 1 is 1.05 bits per heavy atom. The van der Waals surface area contributed by atoms with Gasteiger partial charge in [-0.05, 0) is 35.7 Å². The van der Waals surface area contributed by atoms with E-state index in [-0.39, 0.29) is 5.82 Å². The van der Waals surface area contributed by atoms with Crippen LogP contribution in [0.4, 0.5) is 4.39 Å². The standard InChI is InChI=1S/C16H25FN2/c1-4-18-5-7-19(8-6-18)12-14-9-15(13(2)3)11-16(17)10-14/h9-11,13H,4-8,12H2,1-3H3. The Kier molecular flexibility index (Phi) is 4.94. The zero-order valence-corrected chi connectivity index (χ0v) is 12.3. The van der Waals surface area contributed by atoms with E-state index >= 15 is 0 Å². The van der Waals surface area contributed by atoms with Gasteiger partial charge in [0.1, 0.15) is 5.82 Å². The molecule has 106 valence electrons. The fourth-order valence-electron chi connectivity index (χ4n) is 2.62. The molecule has 0 N–H and O–H groups in total. The molecule has 0 radical (unpaired) electrons. The normalized spacial score (nSPS) is 18.2. The van der Waals surface area contributed by atoms with Gasteiger partial charge in [-0.3, -0.25) is 4.90 Å². The van der Waals surface area contributed by atoms with E-state index in [1.165, 1.54) is 0 Å². The second kappa shape index (κ2) is 6.49. The van der Waals surface area contributed by atoms with Crippen LogP contribution in [-0.4, -0.2) is 42.5 Å². The predicted octanol–water partition coefficient (Wildman–Crippen LogP) is 3.09. The maximum absolute atomic E-state index is 13.6. The van der Waals surface area contributed by atoms with Gasteiger partial charge in [-0.2, -0.15) is 0 Å². The summed E-state index contributed by atoms with van der Waals surface area (Å²) in [6.45, 7) is 12.9. The van der Waals surface area contributed by atoms with Gasteiger partial charge < -0.3 is 4.90 Å². The van der Waals surface area contributed by atoms with E-state index in [2.05, 4.69) is 36.6 Å². The smallest absolute Gasteiger partial charge is 0.123 e. The van der Waals surface area contributed by atoms with Crippen molar-refractivity contribution in [1.29, 1.82) is 0 Å². The number of nitrogens with zero attached hydrogens (tertiary/aromatic N) is 2. The molecule has 1 aromatic rings. The molecule has 0 bridgehead atoms. The highest BCUT2D eigenvalue weighted by molar-refractivity contribution is 5.26. The molecule has 0 atom stereocenters. The Labute approximate surface area is 116 Å². The largest absolute Gasteiger partial charge is 0.301 e. The lowest BCUT2D eigenvalue weighted by Crippen LogP contribution is -2.45. The van der Waals surface area contributed by atoms with Gasteiger partial charge in [0, 0.05) is 32.7 Å². The quantitative estimate of drug-likeness (QED) is 0.824. The predicted molar refractivity (Wildman–Crippen MR) is 77.9 cm³/mol. The zero-order valence-electron chi connectivity index (χ0n) is 12.3. The number of halogens is 1. The van der Waals surface area contributed by atoms with Crippen LogP contribution >= 0.6 is 0 Å². The molecule has 3 heteroatoms. The first-order valence-corrected chi connectivity index (χ1v) is 7.32. The van der Waals surface area contributed by atoms with Crippen LogP contribution in [-0.2, 0) is 6.54 Å². The highest BCUT2D eigenvalue weighted by atomic mass is 19.1. The second-order valence-electron chi connectivity index (χ2n) is 5.76. The lowest BCUT2D eigenvalue weighted by Gasteiger charge is -2.34. The lowest BCUT2D eigenvalue weighted by atomic mass is 10.0. The monoisotopic (exact) mass is 264 g/mol. The van der Waals surface area contributed by atoms with Crippen LogP contribution in [0, 0.1) is 5.82 Å². The van der Waals surface area contributed by atoms with E-state index < -0.39 is 0 Å². The van der Waals surface area contributed by atoms with E-state index in [0.29, 0.717) is 5.92 Å². The van der Waals surface area contributed by atoms with E-state index in [4.69, 9.17) is 0 Å². The van der Waals surface area contributed by atoms with Crippen LogP contribution in [0.15, 0.2) is 18.2 Å². The van der Waals surface area contributed by atoms with Crippen LogP contribution in [0.1, 0.15) is 37.8 Å². The van der Waals surface area contributed by atoms with Gasteiger partial charge in [-0.1, -0.05) is 26.8 Å². The van der Waals surface area contributed by atoms with Crippen molar-refractivity contribution in [1.82, 2.24) is 9.80 Å². The van der Waals surface area contributed by atoms with Crippen molar-refractivity contribution < 1.29 is 4.39 Å². The average molecular weight is 264 g/mol. The van der Waals surface area contributed by atoms with Gasteiger partial charge in [0.05, 0.1) is 0 Å². The minimum atomic E-state index is -0.103. The second-order valence-corrected chi connectivity index (χ2v) is 5.76. The summed E-state index contributed by atoms with van der Waals surface area (Å²) in [6, 6.07) is 5.49. The zero-order chi connectivity index (χ0) is 13.8. The maximum Gasteiger partial charge on any atom is 0.123 e. The minimum absolute atomic E-state index is 0.103. The number of piperazine rings is 1. The summed E-state index contributed by atoms with van der Waals surface area (Å²) in [5.41, 5.74) is 2.20. The maximum atomic E-state index is 13.6. The van der Waals surface area contributed by atoms with Crippen LogP contribution in [0.3, 0.4) is 0 Å². The third kappa shape index (κ3) is 4.02. The molecule has 1 heterocycles. The average Bonchev–Trinajstić information content (AvgIpc) is 2.39. The van der Waals surface area contributed by atoms with Crippen molar-refractivity contribution in [2.45, 2.75) is 33.2 Å². The molecule has 0 saturated carbocycles. The molecular weight excluding hydrogens is 239 g/mol. The van der Waals surface area contributed by atoms with E-state index in [1.807, 2.05) is 0 Å². The number of hydrogen-bond acceptors (Lipinski definition) is 2. The number of likely N-dealkylation sites (N-methyl/N-ethyl adjacent to an activating group) is 1. The highest BCUT2D eigenvalue weighted by Crippen LogP contribution is 2.19. The molecule has 1 aliphatic rings. The van der Waals surface area contributed by atoms with Gasteiger partial charge in [0.15, 0.2) is 0 Å². The molecule has 0 spiro atoms. The summed E-state index contributed by atoms with van der Waals surface area (Å²) in [6.07, 6.45) is 0. The van der Waals surface area contributed by atoms with Gasteiger partial charge in [-0.25, -0.2) is 4.39 Å². The summed E-state index contributed by atoms with van der Waals surface area (Å²) in [5, 5.41) is 0. The van der Waals surface area contributed by atoms with Crippen molar-refractivity contribution in [3.63, 3.8) is 0 Å². The van der Waals surface area contributed by atoms with Crippen LogP contribution in [0.5, 0.6) is 0 Å². The Morgan fingerprint density at radius 3 is 2.26 bits per heavy atom. The van der Waals surface area contributed by atoms with Crippen molar-refractivity contribution in [3.05, 3.63) is 35.1 Å². The Hall–Kier alpha value is -0.930. The Morgan fingerprint density at radius 2 is 1.68 bits per heavy atom. The molecule has 0 aliphatic carbocycles. The topological polar surface area (TPSA) is 6.48 Å². The molecule has 1 fully saturated rings. The molecule has 2 nitrogen and oxygen atoms in total. The molecule has 0 unspecified atom stereocenters. The first kappa shape index (κ1) is 14.5. The fourth-order valence-corrected chi connectivity index (χ4v) is 2.62. The molecular formula is C16H25FN2. The van der Waals surface area contributed by atoms with E-state index in [9.17, 15) is 4.39 Å². The molecule has 1 aromatic carbocycles. The molecule has 0 aromatic heterocycles. The summed E-state index contributed by atoms with van der Waals surface area (Å²) >= 11 is 0. The third-order valence-corrected chi connectivity index (χ3v) is 3.96. The van der Waals surface area contributed by atoms with Crippen LogP contribution in [0.2, 0.25) is 0 Å². The van der Waals surface area contributed by atoms with Crippen molar-refractivity contribution in [3.8, 4) is 0 Å². The number of benzene rings is 1. The SMILES string of the molecule is CCN1CCN(Cc2cc(F)cc(C(C)C)c2)CC1. The van der Waals surface area contributed by atoms with E-state index in [0.717, 1.165) is 50.4 Å². The van der Waals surface area contributed by atoms with Crippen molar-refractivity contribution in [2.24, 2.45) is 0 Å². The first-order chi connectivity index (χ1) is 9.08. The van der Waals surface area contributed by atoms with E-state index in [1.54, 1.807) is 12.1 Å². The van der Waals surface area contributed by atoms with Crippen molar-refractivity contribution in [2.75, 3.05) is 32.7 Å². The third-order valence-electron chi connectivity index (χ3n) is 3.96. The van der Waals surface area contributed by atoms with Gasteiger partial charge >= 0.3 is 0 Å². The summed E-state index contributed by atoms with van der Waals surface area (Å²) in [5.74, 6) is 0.278. The van der Waals surface area contributed by atoms with Gasteiger partial charge in [-0.15, -0.1) is 0 Å². The summed E-state index contributed by atoms with van der Waals surface area (Å²) in [7, 11) is 0. The Balaban J connectivity index is 1.99. The molecule has 1 saturated heterocycles. The molecule has 1 aliphatic heterocycles. The first-order valence-electron chi connectivity index (χ1n) is 7.32. The summed E-state index contributed by atoms with van der Waals surface area (Å²) in [4.78, 5) is 4.88. The Bertz CT molecular complexity index is 409. The number of hydrogen-bond donors (Lipinski definition) is 0.